The first kappa shape index (κ1) is 13.3. The summed E-state index contributed by atoms with van der Waals surface area (Å²) in [4.78, 5) is 0. The number of hydrogen-bond acceptors (Lipinski definition) is 4. The molecule has 1 N–H and O–H groups in total. The molecule has 4 nitrogen and oxygen atoms in total. The Labute approximate surface area is 111 Å². The number of nitrogens with zero attached hydrogens (tertiary/aromatic N) is 1. The number of piperazine rings is 1. The van der Waals surface area contributed by atoms with Gasteiger partial charge in [0.2, 0.25) is 0 Å². The van der Waals surface area contributed by atoms with E-state index in [1.54, 1.807) is 6.07 Å². The number of nitrogens with one attached hydrogen (secondary N) is 1. The topological polar surface area (TPSA) is 49.4 Å². The average Bonchev–Trinajstić information content (AvgIpc) is 2.60. The zero-order chi connectivity index (χ0) is 12.6. The number of sulfonamides is 1. The lowest BCUT2D eigenvalue weighted by Gasteiger charge is -2.30. The highest BCUT2D eigenvalue weighted by Gasteiger charge is 2.30. The average molecular weight is 295 g/mol. The van der Waals surface area contributed by atoms with E-state index in [0.29, 0.717) is 28.2 Å². The zero-order valence-electron chi connectivity index (χ0n) is 9.73. The van der Waals surface area contributed by atoms with E-state index in [1.165, 1.54) is 4.31 Å². The molecule has 1 aliphatic rings. The van der Waals surface area contributed by atoms with Crippen LogP contribution in [0, 0.1) is 6.92 Å². The smallest absolute Gasteiger partial charge is 0.252 e. The van der Waals surface area contributed by atoms with E-state index < -0.39 is 10.0 Å². The summed E-state index contributed by atoms with van der Waals surface area (Å²) < 4.78 is 27.1. The molecule has 0 aromatic carbocycles. The van der Waals surface area contributed by atoms with Crippen molar-refractivity contribution in [3.63, 3.8) is 0 Å². The molecule has 2 heterocycles. The Morgan fingerprint density at radius 2 is 2.29 bits per heavy atom. The van der Waals surface area contributed by atoms with Crippen molar-refractivity contribution in [1.29, 1.82) is 0 Å². The summed E-state index contributed by atoms with van der Waals surface area (Å²) >= 11 is 7.06. The van der Waals surface area contributed by atoms with Gasteiger partial charge in [0.25, 0.3) is 10.0 Å². The van der Waals surface area contributed by atoms with Crippen LogP contribution in [-0.4, -0.2) is 38.4 Å². The molecule has 0 spiro atoms. The van der Waals surface area contributed by atoms with E-state index >= 15 is 0 Å². The molecule has 0 amide bonds. The second-order valence-corrected chi connectivity index (χ2v) is 8.06. The fraction of sp³-hybridized carbons (Fsp3) is 0.600. The number of aryl methyl sites for hydroxylation is 1. The van der Waals surface area contributed by atoms with E-state index in [-0.39, 0.29) is 6.04 Å². The van der Waals surface area contributed by atoms with Gasteiger partial charge in [0, 0.05) is 25.7 Å². The van der Waals surface area contributed by atoms with Crippen molar-refractivity contribution in [1.82, 2.24) is 9.62 Å². The summed E-state index contributed by atoms with van der Waals surface area (Å²) in [5.41, 5.74) is 0.818. The van der Waals surface area contributed by atoms with Gasteiger partial charge in [-0.25, -0.2) is 8.42 Å². The molecule has 7 heteroatoms. The standard InChI is InChI=1S/C10H15ClN2O2S2/c1-7-5-9(16-10(7)11)17(14,15)13-4-3-12-8(2)6-13/h5,8,12H,3-4,6H2,1-2H3/t8-/m1/s1. The lowest BCUT2D eigenvalue weighted by Crippen LogP contribution is -2.51. The third-order valence-electron chi connectivity index (χ3n) is 2.76. The second-order valence-electron chi connectivity index (χ2n) is 4.24. The fourth-order valence-corrected chi connectivity index (χ4v) is 5.19. The first-order chi connectivity index (χ1) is 7.91. The Bertz CT molecular complexity index is 493. The third kappa shape index (κ3) is 2.66. The van der Waals surface area contributed by atoms with Gasteiger partial charge in [0.1, 0.15) is 4.21 Å². The molecule has 17 heavy (non-hydrogen) atoms. The van der Waals surface area contributed by atoms with E-state index in [4.69, 9.17) is 11.6 Å². The maximum atomic E-state index is 12.3. The van der Waals surface area contributed by atoms with Gasteiger partial charge in [0.05, 0.1) is 4.34 Å². The third-order valence-corrected chi connectivity index (χ3v) is 6.63. The quantitative estimate of drug-likeness (QED) is 0.903. The maximum absolute atomic E-state index is 12.3. The monoisotopic (exact) mass is 294 g/mol. The summed E-state index contributed by atoms with van der Waals surface area (Å²) in [6.45, 7) is 5.52. The van der Waals surface area contributed by atoms with Crippen LogP contribution in [-0.2, 0) is 10.0 Å². The highest BCUT2D eigenvalue weighted by atomic mass is 35.5. The van der Waals surface area contributed by atoms with Crippen LogP contribution in [0.5, 0.6) is 0 Å². The van der Waals surface area contributed by atoms with Crippen LogP contribution in [0.1, 0.15) is 12.5 Å². The molecule has 0 unspecified atom stereocenters. The molecule has 0 aliphatic carbocycles. The minimum Gasteiger partial charge on any atom is -0.312 e. The van der Waals surface area contributed by atoms with Gasteiger partial charge >= 0.3 is 0 Å². The highest BCUT2D eigenvalue weighted by molar-refractivity contribution is 7.91. The molecule has 1 aliphatic heterocycles. The Hall–Kier alpha value is -0.140. The summed E-state index contributed by atoms with van der Waals surface area (Å²) in [5, 5.41) is 3.22. The molecule has 0 bridgehead atoms. The van der Waals surface area contributed by atoms with E-state index in [9.17, 15) is 8.42 Å². The van der Waals surface area contributed by atoms with Gasteiger partial charge in [-0.1, -0.05) is 11.6 Å². The predicted octanol–water partition coefficient (Wildman–Crippen LogP) is 1.69. The first-order valence-corrected chi connectivity index (χ1v) is 8.04. The maximum Gasteiger partial charge on any atom is 0.252 e. The molecule has 1 aromatic heterocycles. The largest absolute Gasteiger partial charge is 0.312 e. The van der Waals surface area contributed by atoms with Gasteiger partial charge in [0.15, 0.2) is 0 Å². The van der Waals surface area contributed by atoms with E-state index in [2.05, 4.69) is 5.32 Å². The van der Waals surface area contributed by atoms with Crippen LogP contribution in [0.4, 0.5) is 0 Å². The van der Waals surface area contributed by atoms with Gasteiger partial charge in [-0.2, -0.15) is 4.31 Å². The van der Waals surface area contributed by atoms with Crippen molar-refractivity contribution >= 4 is 33.0 Å². The molecule has 96 valence electrons. The SMILES string of the molecule is Cc1cc(S(=O)(=O)N2CCN[C@H](C)C2)sc1Cl. The van der Waals surface area contributed by atoms with Crippen molar-refractivity contribution in [3.8, 4) is 0 Å². The number of thiophene rings is 1. The lowest BCUT2D eigenvalue weighted by molar-refractivity contribution is 0.311. The van der Waals surface area contributed by atoms with Crippen LogP contribution in [0.25, 0.3) is 0 Å². The molecular weight excluding hydrogens is 280 g/mol. The van der Waals surface area contributed by atoms with E-state index in [0.717, 1.165) is 16.9 Å². The van der Waals surface area contributed by atoms with Crippen LogP contribution in [0.2, 0.25) is 4.34 Å². The van der Waals surface area contributed by atoms with Crippen LogP contribution in [0.3, 0.4) is 0 Å². The van der Waals surface area contributed by atoms with Gasteiger partial charge < -0.3 is 5.32 Å². The molecule has 2 rings (SSSR count). The van der Waals surface area contributed by atoms with Crippen LogP contribution in [0.15, 0.2) is 10.3 Å². The molecule has 1 aromatic rings. The Kier molecular flexibility index (Phi) is 3.80. The fourth-order valence-electron chi connectivity index (χ4n) is 1.80. The molecule has 1 atom stereocenters. The Morgan fingerprint density at radius 3 is 2.82 bits per heavy atom. The molecule has 1 saturated heterocycles. The summed E-state index contributed by atoms with van der Waals surface area (Å²) in [6.07, 6.45) is 0. The Balaban J connectivity index is 2.29. The summed E-state index contributed by atoms with van der Waals surface area (Å²) in [6, 6.07) is 1.84. The molecule has 0 saturated carbocycles. The van der Waals surface area contributed by atoms with Crippen LogP contribution < -0.4 is 5.32 Å². The van der Waals surface area contributed by atoms with Gasteiger partial charge in [-0.3, -0.25) is 0 Å². The number of hydrogen-bond donors (Lipinski definition) is 1. The predicted molar refractivity (Wildman–Crippen MR) is 70.3 cm³/mol. The van der Waals surface area contributed by atoms with Crippen molar-refractivity contribution < 1.29 is 8.42 Å². The minimum atomic E-state index is -3.37. The van der Waals surface area contributed by atoms with Crippen LogP contribution >= 0.6 is 22.9 Å². The lowest BCUT2D eigenvalue weighted by atomic mass is 10.3. The minimum absolute atomic E-state index is 0.190. The molecule has 1 fully saturated rings. The Morgan fingerprint density at radius 1 is 1.59 bits per heavy atom. The summed E-state index contributed by atoms with van der Waals surface area (Å²) in [5.74, 6) is 0. The normalized spacial score (nSPS) is 22.9. The molecule has 0 radical (unpaired) electrons. The zero-order valence-corrected chi connectivity index (χ0v) is 12.1. The van der Waals surface area contributed by atoms with E-state index in [1.807, 2.05) is 13.8 Å². The first-order valence-electron chi connectivity index (χ1n) is 5.40. The van der Waals surface area contributed by atoms with Crippen molar-refractivity contribution in [2.75, 3.05) is 19.6 Å². The summed E-state index contributed by atoms with van der Waals surface area (Å²) in [7, 11) is -3.37. The number of halogens is 1. The number of rotatable bonds is 2. The van der Waals surface area contributed by atoms with Crippen molar-refractivity contribution in [2.45, 2.75) is 24.1 Å². The van der Waals surface area contributed by atoms with Crippen molar-refractivity contribution in [3.05, 3.63) is 16.0 Å². The van der Waals surface area contributed by atoms with Crippen molar-refractivity contribution in [2.24, 2.45) is 0 Å². The molecular formula is C10H15ClN2O2S2. The van der Waals surface area contributed by atoms with Gasteiger partial charge in [-0.15, -0.1) is 11.3 Å². The highest BCUT2D eigenvalue weighted by Crippen LogP contribution is 2.32. The van der Waals surface area contributed by atoms with Gasteiger partial charge in [-0.05, 0) is 25.5 Å². The second kappa shape index (κ2) is 4.85.